The van der Waals surface area contributed by atoms with Crippen molar-refractivity contribution in [1.82, 2.24) is 9.78 Å². The van der Waals surface area contributed by atoms with Gasteiger partial charge in [-0.2, -0.15) is 5.10 Å². The summed E-state index contributed by atoms with van der Waals surface area (Å²) >= 11 is 11.9. The number of nitrogens with two attached hydrogens (primary N) is 1. The number of hydrogen-bond donors (Lipinski definition) is 1. The SMILES string of the molecule is Cc1nn(C)cc1C(N)Cc1ccc(Cl)c(Cl)c1. The van der Waals surface area contributed by atoms with Crippen LogP contribution in [0.1, 0.15) is 22.9 Å². The maximum atomic E-state index is 6.20. The highest BCUT2D eigenvalue weighted by Crippen LogP contribution is 2.25. The maximum absolute atomic E-state index is 6.20. The van der Waals surface area contributed by atoms with Gasteiger partial charge in [0.1, 0.15) is 0 Å². The van der Waals surface area contributed by atoms with Crippen molar-refractivity contribution < 1.29 is 0 Å². The monoisotopic (exact) mass is 283 g/mol. The van der Waals surface area contributed by atoms with Crippen LogP contribution in [0.4, 0.5) is 0 Å². The molecule has 2 aromatic rings. The van der Waals surface area contributed by atoms with E-state index in [1.807, 2.05) is 32.3 Å². The molecule has 0 spiro atoms. The van der Waals surface area contributed by atoms with E-state index in [2.05, 4.69) is 5.10 Å². The van der Waals surface area contributed by atoms with E-state index in [0.29, 0.717) is 16.5 Å². The Morgan fingerprint density at radius 1 is 1.33 bits per heavy atom. The summed E-state index contributed by atoms with van der Waals surface area (Å²) in [5.74, 6) is 0. The zero-order valence-corrected chi connectivity index (χ0v) is 11.8. The molecule has 0 amide bonds. The van der Waals surface area contributed by atoms with Crippen molar-refractivity contribution in [3.8, 4) is 0 Å². The molecule has 0 bridgehead atoms. The molecule has 1 atom stereocenters. The first-order valence-corrected chi connectivity index (χ1v) is 6.42. The number of hydrogen-bond acceptors (Lipinski definition) is 2. The average Bonchev–Trinajstić information content (AvgIpc) is 2.63. The predicted octanol–water partition coefficient (Wildman–Crippen LogP) is 3.28. The van der Waals surface area contributed by atoms with Crippen LogP contribution >= 0.6 is 23.2 Å². The average molecular weight is 284 g/mol. The molecular weight excluding hydrogens is 269 g/mol. The first kappa shape index (κ1) is 13.4. The standard InChI is InChI=1S/C13H15Cl2N3/c1-8-10(7-18(2)17-8)13(16)6-9-3-4-11(14)12(15)5-9/h3-5,7,13H,6,16H2,1-2H3. The van der Waals surface area contributed by atoms with E-state index in [1.54, 1.807) is 10.7 Å². The Hall–Kier alpha value is -1.03. The Balaban J connectivity index is 2.18. The third-order valence-corrected chi connectivity index (χ3v) is 3.63. The second-order valence-corrected chi connectivity index (χ2v) is 5.22. The van der Waals surface area contributed by atoms with Crippen LogP contribution in [0.3, 0.4) is 0 Å². The summed E-state index contributed by atoms with van der Waals surface area (Å²) in [5.41, 5.74) is 9.29. The Kier molecular flexibility index (Phi) is 3.95. The van der Waals surface area contributed by atoms with E-state index in [-0.39, 0.29) is 6.04 Å². The second kappa shape index (κ2) is 5.31. The number of benzene rings is 1. The topological polar surface area (TPSA) is 43.8 Å². The maximum Gasteiger partial charge on any atom is 0.0641 e. The molecule has 18 heavy (non-hydrogen) atoms. The Morgan fingerprint density at radius 2 is 2.06 bits per heavy atom. The van der Waals surface area contributed by atoms with Gasteiger partial charge in [-0.05, 0) is 31.0 Å². The van der Waals surface area contributed by atoms with Gasteiger partial charge >= 0.3 is 0 Å². The molecule has 3 nitrogen and oxygen atoms in total. The summed E-state index contributed by atoms with van der Waals surface area (Å²) in [4.78, 5) is 0. The highest BCUT2D eigenvalue weighted by atomic mass is 35.5. The van der Waals surface area contributed by atoms with Crippen LogP contribution in [0, 0.1) is 6.92 Å². The number of halogens is 2. The van der Waals surface area contributed by atoms with Crippen LogP contribution < -0.4 is 5.73 Å². The van der Waals surface area contributed by atoms with Gasteiger partial charge in [-0.25, -0.2) is 0 Å². The lowest BCUT2D eigenvalue weighted by atomic mass is 10.0. The van der Waals surface area contributed by atoms with Crippen molar-refractivity contribution in [2.24, 2.45) is 12.8 Å². The fourth-order valence-corrected chi connectivity index (χ4v) is 2.33. The normalized spacial score (nSPS) is 12.7. The van der Waals surface area contributed by atoms with Gasteiger partial charge in [0.25, 0.3) is 0 Å². The molecular formula is C13H15Cl2N3. The smallest absolute Gasteiger partial charge is 0.0641 e. The molecule has 2 rings (SSSR count). The van der Waals surface area contributed by atoms with Crippen molar-refractivity contribution in [2.45, 2.75) is 19.4 Å². The fraction of sp³-hybridized carbons (Fsp3) is 0.308. The molecule has 1 aromatic carbocycles. The molecule has 0 radical (unpaired) electrons. The predicted molar refractivity (Wildman–Crippen MR) is 75.0 cm³/mol. The van der Waals surface area contributed by atoms with E-state index in [4.69, 9.17) is 28.9 Å². The van der Waals surface area contributed by atoms with Crippen LogP contribution in [0.25, 0.3) is 0 Å². The number of rotatable bonds is 3. The minimum absolute atomic E-state index is 0.0871. The van der Waals surface area contributed by atoms with Crippen LogP contribution in [0.15, 0.2) is 24.4 Å². The van der Waals surface area contributed by atoms with Crippen molar-refractivity contribution in [2.75, 3.05) is 0 Å². The van der Waals surface area contributed by atoms with Crippen molar-refractivity contribution in [3.63, 3.8) is 0 Å². The minimum Gasteiger partial charge on any atom is -0.324 e. The lowest BCUT2D eigenvalue weighted by molar-refractivity contribution is 0.715. The van der Waals surface area contributed by atoms with Crippen LogP contribution in [0.2, 0.25) is 10.0 Å². The Bertz CT molecular complexity index is 563. The van der Waals surface area contributed by atoms with Crippen LogP contribution in [-0.2, 0) is 13.5 Å². The molecule has 1 aromatic heterocycles. The van der Waals surface area contributed by atoms with Gasteiger partial charge in [0.2, 0.25) is 0 Å². The van der Waals surface area contributed by atoms with E-state index in [1.165, 1.54) is 0 Å². The summed E-state index contributed by atoms with van der Waals surface area (Å²) < 4.78 is 1.78. The van der Waals surface area contributed by atoms with E-state index in [0.717, 1.165) is 16.8 Å². The zero-order valence-electron chi connectivity index (χ0n) is 10.3. The molecule has 1 heterocycles. The molecule has 1 unspecified atom stereocenters. The van der Waals surface area contributed by atoms with Gasteiger partial charge in [0.05, 0.1) is 15.7 Å². The van der Waals surface area contributed by atoms with E-state index >= 15 is 0 Å². The largest absolute Gasteiger partial charge is 0.324 e. The lowest BCUT2D eigenvalue weighted by Crippen LogP contribution is -2.13. The van der Waals surface area contributed by atoms with Gasteiger partial charge in [0, 0.05) is 24.8 Å². The molecule has 0 aliphatic carbocycles. The minimum atomic E-state index is -0.0871. The first-order valence-electron chi connectivity index (χ1n) is 5.67. The van der Waals surface area contributed by atoms with E-state index < -0.39 is 0 Å². The number of aromatic nitrogens is 2. The summed E-state index contributed by atoms with van der Waals surface area (Å²) in [6.07, 6.45) is 2.67. The molecule has 2 N–H and O–H groups in total. The molecule has 5 heteroatoms. The van der Waals surface area contributed by atoms with Crippen molar-refractivity contribution >= 4 is 23.2 Å². The molecule has 0 aliphatic heterocycles. The molecule has 0 saturated carbocycles. The number of nitrogens with zero attached hydrogens (tertiary/aromatic N) is 2. The molecule has 0 aliphatic rings. The summed E-state index contributed by atoms with van der Waals surface area (Å²) in [7, 11) is 1.89. The van der Waals surface area contributed by atoms with Gasteiger partial charge < -0.3 is 5.73 Å². The van der Waals surface area contributed by atoms with Gasteiger partial charge in [-0.15, -0.1) is 0 Å². The van der Waals surface area contributed by atoms with Crippen molar-refractivity contribution in [1.29, 1.82) is 0 Å². The summed E-state index contributed by atoms with van der Waals surface area (Å²) in [6.45, 7) is 1.96. The zero-order chi connectivity index (χ0) is 13.3. The molecule has 0 saturated heterocycles. The highest BCUT2D eigenvalue weighted by Gasteiger charge is 2.13. The summed E-state index contributed by atoms with van der Waals surface area (Å²) in [5, 5.41) is 5.42. The van der Waals surface area contributed by atoms with Gasteiger partial charge in [0.15, 0.2) is 0 Å². The van der Waals surface area contributed by atoms with Crippen LogP contribution in [0.5, 0.6) is 0 Å². The lowest BCUT2D eigenvalue weighted by Gasteiger charge is -2.11. The fourth-order valence-electron chi connectivity index (χ4n) is 2.01. The van der Waals surface area contributed by atoms with E-state index in [9.17, 15) is 0 Å². The van der Waals surface area contributed by atoms with Gasteiger partial charge in [-0.1, -0.05) is 29.3 Å². The summed E-state index contributed by atoms with van der Waals surface area (Å²) in [6, 6.07) is 5.51. The Morgan fingerprint density at radius 3 is 2.61 bits per heavy atom. The molecule has 0 fully saturated rings. The highest BCUT2D eigenvalue weighted by molar-refractivity contribution is 6.42. The third-order valence-electron chi connectivity index (χ3n) is 2.89. The van der Waals surface area contributed by atoms with Crippen LogP contribution in [-0.4, -0.2) is 9.78 Å². The Labute approximate surface area is 117 Å². The first-order chi connectivity index (χ1) is 8.47. The second-order valence-electron chi connectivity index (χ2n) is 4.40. The number of aryl methyl sites for hydroxylation is 2. The van der Waals surface area contributed by atoms with Crippen molar-refractivity contribution in [3.05, 3.63) is 51.3 Å². The van der Waals surface area contributed by atoms with Gasteiger partial charge in [-0.3, -0.25) is 4.68 Å². The molecule has 96 valence electrons. The third kappa shape index (κ3) is 2.86. The quantitative estimate of drug-likeness (QED) is 0.940.